The predicted molar refractivity (Wildman–Crippen MR) is 115 cm³/mol. The maximum absolute atomic E-state index is 12.5. The zero-order valence-electron chi connectivity index (χ0n) is 18.0. The summed E-state index contributed by atoms with van der Waals surface area (Å²) in [6, 6.07) is 8.48. The predicted octanol–water partition coefficient (Wildman–Crippen LogP) is 3.55. The van der Waals surface area contributed by atoms with Gasteiger partial charge in [0.15, 0.2) is 5.96 Å². The first kappa shape index (κ1) is 23.4. The molecule has 0 amide bonds. The van der Waals surface area contributed by atoms with Crippen LogP contribution in [0.2, 0.25) is 0 Å². The van der Waals surface area contributed by atoms with Gasteiger partial charge in [-0.1, -0.05) is 26.0 Å². The van der Waals surface area contributed by atoms with E-state index in [0.717, 1.165) is 44.1 Å². The van der Waals surface area contributed by atoms with Crippen LogP contribution in [-0.2, 0) is 6.42 Å². The molecule has 0 aliphatic carbocycles. The molecule has 1 saturated heterocycles. The van der Waals surface area contributed by atoms with E-state index in [1.165, 1.54) is 5.56 Å². The first-order chi connectivity index (χ1) is 14.0. The number of alkyl halides is 2. The van der Waals surface area contributed by atoms with Crippen LogP contribution in [-0.4, -0.2) is 62.7 Å². The van der Waals surface area contributed by atoms with Gasteiger partial charge < -0.3 is 15.4 Å². The normalized spacial score (nSPS) is 16.4. The first-order valence-corrected chi connectivity index (χ1v) is 10.7. The van der Waals surface area contributed by atoms with E-state index in [1.54, 1.807) is 0 Å². The van der Waals surface area contributed by atoms with Gasteiger partial charge in [-0.15, -0.1) is 0 Å². The highest BCUT2D eigenvalue weighted by Crippen LogP contribution is 2.14. The standard InChI is InChI=1S/C22H36F2N4O/c1-4-25-22(27-19-10-13-28(14-11-19)15-21(23)24)26-12-9-18-5-7-20(8-6-18)29-16-17(2)3/h5-8,17,19,21H,4,9-16H2,1-3H3,(H2,25,26,27). The van der Waals surface area contributed by atoms with Crippen molar-refractivity contribution in [2.75, 3.05) is 39.3 Å². The molecular formula is C22H36F2N4O. The van der Waals surface area contributed by atoms with E-state index in [4.69, 9.17) is 4.74 Å². The van der Waals surface area contributed by atoms with Crippen molar-refractivity contribution in [2.45, 2.75) is 52.5 Å². The van der Waals surface area contributed by atoms with Crippen molar-refractivity contribution >= 4 is 5.96 Å². The quantitative estimate of drug-likeness (QED) is 0.458. The average Bonchev–Trinajstić information content (AvgIpc) is 2.68. The molecule has 0 spiro atoms. The van der Waals surface area contributed by atoms with E-state index in [9.17, 15) is 8.78 Å². The minimum Gasteiger partial charge on any atom is -0.493 e. The lowest BCUT2D eigenvalue weighted by Crippen LogP contribution is -2.49. The number of halogens is 2. The summed E-state index contributed by atoms with van der Waals surface area (Å²) in [6.07, 6.45) is 0.312. The Labute approximate surface area is 173 Å². The fraction of sp³-hybridized carbons (Fsp3) is 0.682. The Morgan fingerprint density at radius 3 is 2.48 bits per heavy atom. The fourth-order valence-electron chi connectivity index (χ4n) is 3.28. The largest absolute Gasteiger partial charge is 0.493 e. The smallest absolute Gasteiger partial charge is 0.251 e. The van der Waals surface area contributed by atoms with Crippen molar-refractivity contribution < 1.29 is 13.5 Å². The van der Waals surface area contributed by atoms with Crippen LogP contribution >= 0.6 is 0 Å². The minimum absolute atomic E-state index is 0.123. The first-order valence-electron chi connectivity index (χ1n) is 10.7. The number of rotatable bonds is 10. The Balaban J connectivity index is 1.77. The topological polar surface area (TPSA) is 48.9 Å². The van der Waals surface area contributed by atoms with E-state index in [2.05, 4.69) is 41.6 Å². The number of ether oxygens (including phenoxy) is 1. The number of likely N-dealkylation sites (tertiary alicyclic amines) is 1. The zero-order chi connectivity index (χ0) is 21.1. The van der Waals surface area contributed by atoms with Gasteiger partial charge in [-0.25, -0.2) is 8.78 Å². The number of nitrogens with zero attached hydrogens (tertiary/aromatic N) is 2. The molecule has 0 radical (unpaired) electrons. The number of nitrogens with one attached hydrogen (secondary N) is 2. The highest BCUT2D eigenvalue weighted by molar-refractivity contribution is 5.80. The summed E-state index contributed by atoms with van der Waals surface area (Å²) in [6.45, 7) is 9.79. The van der Waals surface area contributed by atoms with Crippen molar-refractivity contribution in [1.82, 2.24) is 15.5 Å². The fourth-order valence-corrected chi connectivity index (χ4v) is 3.28. The van der Waals surface area contributed by atoms with Crippen molar-refractivity contribution in [3.8, 4) is 5.75 Å². The van der Waals surface area contributed by atoms with Gasteiger partial charge in [-0.05, 0) is 49.8 Å². The highest BCUT2D eigenvalue weighted by atomic mass is 19.3. The van der Waals surface area contributed by atoms with Gasteiger partial charge in [-0.2, -0.15) is 0 Å². The van der Waals surface area contributed by atoms with Gasteiger partial charge in [-0.3, -0.25) is 9.89 Å². The Morgan fingerprint density at radius 2 is 1.90 bits per heavy atom. The summed E-state index contributed by atoms with van der Waals surface area (Å²) in [5.74, 6) is 2.22. The molecule has 164 valence electrons. The molecule has 1 aromatic rings. The van der Waals surface area contributed by atoms with Crippen LogP contribution in [0.1, 0.15) is 39.2 Å². The van der Waals surface area contributed by atoms with Gasteiger partial charge in [0.1, 0.15) is 5.75 Å². The zero-order valence-corrected chi connectivity index (χ0v) is 18.0. The van der Waals surface area contributed by atoms with E-state index < -0.39 is 6.43 Å². The van der Waals surface area contributed by atoms with Crippen molar-refractivity contribution in [1.29, 1.82) is 0 Å². The highest BCUT2D eigenvalue weighted by Gasteiger charge is 2.21. The molecule has 1 aliphatic rings. The maximum atomic E-state index is 12.5. The summed E-state index contributed by atoms with van der Waals surface area (Å²) in [5, 5.41) is 6.74. The molecule has 1 aromatic carbocycles. The number of piperidine rings is 1. The molecule has 29 heavy (non-hydrogen) atoms. The monoisotopic (exact) mass is 410 g/mol. The molecule has 0 aromatic heterocycles. The maximum Gasteiger partial charge on any atom is 0.251 e. The molecule has 7 heteroatoms. The molecule has 5 nitrogen and oxygen atoms in total. The molecule has 0 unspecified atom stereocenters. The Morgan fingerprint density at radius 1 is 1.21 bits per heavy atom. The third-order valence-electron chi connectivity index (χ3n) is 4.85. The van der Waals surface area contributed by atoms with Crippen LogP contribution in [0.5, 0.6) is 5.75 Å². The second kappa shape index (κ2) is 12.6. The van der Waals surface area contributed by atoms with Crippen LogP contribution in [0.25, 0.3) is 0 Å². The molecule has 0 saturated carbocycles. The summed E-state index contributed by atoms with van der Waals surface area (Å²) >= 11 is 0. The summed E-state index contributed by atoms with van der Waals surface area (Å²) < 4.78 is 30.7. The van der Waals surface area contributed by atoms with Gasteiger partial charge >= 0.3 is 0 Å². The minimum atomic E-state index is -2.26. The SMILES string of the molecule is CCNC(=NCCc1ccc(OCC(C)C)cc1)NC1CCN(CC(F)F)CC1. The van der Waals surface area contributed by atoms with Crippen molar-refractivity contribution in [2.24, 2.45) is 10.9 Å². The van der Waals surface area contributed by atoms with E-state index >= 15 is 0 Å². The number of benzene rings is 1. The van der Waals surface area contributed by atoms with Crippen LogP contribution in [0.15, 0.2) is 29.3 Å². The van der Waals surface area contributed by atoms with Crippen molar-refractivity contribution in [3.05, 3.63) is 29.8 Å². The summed E-state index contributed by atoms with van der Waals surface area (Å²) in [4.78, 5) is 6.52. The second-order valence-electron chi connectivity index (χ2n) is 7.97. The number of hydrogen-bond acceptors (Lipinski definition) is 3. The van der Waals surface area contributed by atoms with Gasteiger partial charge in [0.2, 0.25) is 0 Å². The second-order valence-corrected chi connectivity index (χ2v) is 7.97. The Kier molecular flexibility index (Phi) is 10.2. The summed E-state index contributed by atoms with van der Waals surface area (Å²) in [7, 11) is 0. The molecule has 1 heterocycles. The molecule has 2 N–H and O–H groups in total. The third-order valence-corrected chi connectivity index (χ3v) is 4.85. The van der Waals surface area contributed by atoms with Gasteiger partial charge in [0.05, 0.1) is 13.2 Å². The molecule has 1 aliphatic heterocycles. The number of guanidine groups is 1. The van der Waals surface area contributed by atoms with Crippen LogP contribution in [0.4, 0.5) is 8.78 Å². The van der Waals surface area contributed by atoms with E-state index in [-0.39, 0.29) is 12.6 Å². The molecule has 2 rings (SSSR count). The van der Waals surface area contributed by atoms with Crippen LogP contribution < -0.4 is 15.4 Å². The van der Waals surface area contributed by atoms with Crippen LogP contribution in [0.3, 0.4) is 0 Å². The molecule has 0 bridgehead atoms. The van der Waals surface area contributed by atoms with E-state index in [1.807, 2.05) is 24.0 Å². The number of aliphatic imine (C=N–C) groups is 1. The van der Waals surface area contributed by atoms with Gasteiger partial charge in [0, 0.05) is 32.2 Å². The lowest BCUT2D eigenvalue weighted by Gasteiger charge is -2.32. The molecule has 1 fully saturated rings. The van der Waals surface area contributed by atoms with E-state index in [0.29, 0.717) is 25.6 Å². The Bertz CT molecular complexity index is 599. The lowest BCUT2D eigenvalue weighted by atomic mass is 10.1. The molecular weight excluding hydrogens is 374 g/mol. The lowest BCUT2D eigenvalue weighted by molar-refractivity contribution is 0.0744. The number of hydrogen-bond donors (Lipinski definition) is 2. The van der Waals surface area contributed by atoms with Gasteiger partial charge in [0.25, 0.3) is 6.43 Å². The average molecular weight is 411 g/mol. The van der Waals surface area contributed by atoms with Crippen LogP contribution in [0, 0.1) is 5.92 Å². The summed E-state index contributed by atoms with van der Waals surface area (Å²) in [5.41, 5.74) is 1.22. The third kappa shape index (κ3) is 9.43. The van der Waals surface area contributed by atoms with Crippen molar-refractivity contribution in [3.63, 3.8) is 0 Å². The Hall–Kier alpha value is -1.89. The molecule has 0 atom stereocenters.